The van der Waals surface area contributed by atoms with Crippen molar-refractivity contribution >= 4 is 15.5 Å². The van der Waals surface area contributed by atoms with Crippen molar-refractivity contribution in [1.82, 2.24) is 4.90 Å². The first-order valence-electron chi connectivity index (χ1n) is 9.95. The van der Waals surface area contributed by atoms with E-state index in [1.54, 1.807) is 18.2 Å². The van der Waals surface area contributed by atoms with E-state index in [4.69, 9.17) is 0 Å². The minimum absolute atomic E-state index is 0.131. The minimum atomic E-state index is -4.53. The first-order valence-corrected chi connectivity index (χ1v) is 11.8. The molecule has 5 nitrogen and oxygen atoms in total. The molecule has 3 rings (SSSR count). The molecule has 0 bridgehead atoms. The second-order valence-corrected chi connectivity index (χ2v) is 10.5. The number of hydrogen-bond acceptors (Lipinski definition) is 5. The van der Waals surface area contributed by atoms with Crippen LogP contribution in [-0.4, -0.2) is 50.9 Å². The molecule has 2 aromatic carbocycles. The SMILES string of the molecule is CC(C)(O)c1cc(CN2CCN(c3cccc(S(C)(=O)=O)c3)CC2)ccc1C(F)(F)F. The zero-order chi connectivity index (χ0) is 23.0. The third-order valence-electron chi connectivity index (χ3n) is 5.44. The van der Waals surface area contributed by atoms with Crippen LogP contribution in [0, 0.1) is 0 Å². The minimum Gasteiger partial charge on any atom is -0.386 e. The highest BCUT2D eigenvalue weighted by Gasteiger charge is 2.37. The molecule has 0 radical (unpaired) electrons. The third-order valence-corrected chi connectivity index (χ3v) is 6.55. The van der Waals surface area contributed by atoms with E-state index in [2.05, 4.69) is 9.80 Å². The van der Waals surface area contributed by atoms with Crippen molar-refractivity contribution in [3.63, 3.8) is 0 Å². The Morgan fingerprint density at radius 2 is 1.61 bits per heavy atom. The number of piperazine rings is 1. The number of halogens is 3. The van der Waals surface area contributed by atoms with E-state index in [9.17, 15) is 26.7 Å². The smallest absolute Gasteiger partial charge is 0.386 e. The van der Waals surface area contributed by atoms with E-state index >= 15 is 0 Å². The van der Waals surface area contributed by atoms with Gasteiger partial charge in [0, 0.05) is 44.7 Å². The highest BCUT2D eigenvalue weighted by Crippen LogP contribution is 2.37. The fourth-order valence-corrected chi connectivity index (χ4v) is 4.44. The molecule has 1 aliphatic rings. The van der Waals surface area contributed by atoms with Gasteiger partial charge in [0.2, 0.25) is 0 Å². The molecule has 1 aliphatic heterocycles. The molecule has 0 amide bonds. The predicted molar refractivity (Wildman–Crippen MR) is 114 cm³/mol. The zero-order valence-electron chi connectivity index (χ0n) is 17.8. The quantitative estimate of drug-likeness (QED) is 0.744. The maximum absolute atomic E-state index is 13.3. The summed E-state index contributed by atoms with van der Waals surface area (Å²) in [6.45, 7) is 5.89. The molecule has 1 fully saturated rings. The summed E-state index contributed by atoms with van der Waals surface area (Å²) in [5.74, 6) is 0. The monoisotopic (exact) mass is 456 g/mol. The number of anilines is 1. The van der Waals surface area contributed by atoms with Crippen LogP contribution in [-0.2, 0) is 28.2 Å². The number of hydrogen-bond donors (Lipinski definition) is 1. The van der Waals surface area contributed by atoms with Gasteiger partial charge in [-0.1, -0.05) is 18.2 Å². The molecular weight excluding hydrogens is 429 g/mol. The van der Waals surface area contributed by atoms with Gasteiger partial charge in [-0.05, 0) is 49.2 Å². The highest BCUT2D eigenvalue weighted by molar-refractivity contribution is 7.90. The van der Waals surface area contributed by atoms with Gasteiger partial charge in [0.1, 0.15) is 0 Å². The Labute approximate surface area is 181 Å². The molecule has 1 saturated heterocycles. The van der Waals surface area contributed by atoms with Crippen LogP contribution in [0.2, 0.25) is 0 Å². The average molecular weight is 457 g/mol. The van der Waals surface area contributed by atoms with Gasteiger partial charge in [-0.3, -0.25) is 4.90 Å². The molecule has 170 valence electrons. The topological polar surface area (TPSA) is 60.9 Å². The van der Waals surface area contributed by atoms with Crippen LogP contribution >= 0.6 is 0 Å². The van der Waals surface area contributed by atoms with Crippen molar-refractivity contribution in [3.05, 3.63) is 59.2 Å². The number of nitrogens with zero attached hydrogens (tertiary/aromatic N) is 2. The van der Waals surface area contributed by atoms with E-state index in [1.165, 1.54) is 32.2 Å². The van der Waals surface area contributed by atoms with E-state index in [0.29, 0.717) is 38.3 Å². The first-order chi connectivity index (χ1) is 14.2. The van der Waals surface area contributed by atoms with Gasteiger partial charge in [0.05, 0.1) is 16.1 Å². The Morgan fingerprint density at radius 1 is 0.968 bits per heavy atom. The van der Waals surface area contributed by atoms with E-state index in [-0.39, 0.29) is 10.5 Å². The lowest BCUT2D eigenvalue weighted by atomic mass is 9.91. The van der Waals surface area contributed by atoms with Crippen molar-refractivity contribution in [2.75, 3.05) is 37.3 Å². The van der Waals surface area contributed by atoms with Gasteiger partial charge in [-0.2, -0.15) is 13.2 Å². The summed E-state index contributed by atoms with van der Waals surface area (Å²) in [4.78, 5) is 4.50. The van der Waals surface area contributed by atoms with Crippen molar-refractivity contribution < 1.29 is 26.7 Å². The normalized spacial score (nSPS) is 16.5. The molecule has 0 spiro atoms. The number of sulfone groups is 1. The summed E-state index contributed by atoms with van der Waals surface area (Å²) in [6.07, 6.45) is -3.35. The maximum atomic E-state index is 13.3. The predicted octanol–water partition coefficient (Wildman–Crippen LogP) is 3.66. The number of aliphatic hydroxyl groups is 1. The Kier molecular flexibility index (Phi) is 6.42. The summed E-state index contributed by atoms with van der Waals surface area (Å²) < 4.78 is 63.5. The van der Waals surface area contributed by atoms with Gasteiger partial charge in [-0.25, -0.2) is 8.42 Å². The van der Waals surface area contributed by atoms with Gasteiger partial charge < -0.3 is 10.0 Å². The lowest BCUT2D eigenvalue weighted by molar-refractivity contribution is -0.140. The second kappa shape index (κ2) is 8.44. The van der Waals surface area contributed by atoms with Crippen molar-refractivity contribution in [1.29, 1.82) is 0 Å². The zero-order valence-corrected chi connectivity index (χ0v) is 18.6. The Bertz CT molecular complexity index is 1040. The largest absolute Gasteiger partial charge is 0.416 e. The van der Waals surface area contributed by atoms with Crippen LogP contribution in [0.4, 0.5) is 18.9 Å². The fourth-order valence-electron chi connectivity index (χ4n) is 3.78. The molecule has 0 atom stereocenters. The van der Waals surface area contributed by atoms with Crippen LogP contribution in [0.15, 0.2) is 47.4 Å². The van der Waals surface area contributed by atoms with Crippen molar-refractivity contribution in [3.8, 4) is 0 Å². The Morgan fingerprint density at radius 3 is 2.16 bits per heavy atom. The first kappa shape index (κ1) is 23.6. The molecule has 0 saturated carbocycles. The Balaban J connectivity index is 1.70. The molecule has 1 heterocycles. The maximum Gasteiger partial charge on any atom is 0.416 e. The summed E-state index contributed by atoms with van der Waals surface area (Å²) in [5, 5.41) is 10.2. The standard InChI is InChI=1S/C22H27F3N2O3S/c1-21(2,28)20-13-16(7-8-19(20)22(23,24)25)15-26-9-11-27(12-10-26)17-5-4-6-18(14-17)31(3,29)30/h4-8,13-14,28H,9-12,15H2,1-3H3. The lowest BCUT2D eigenvalue weighted by Gasteiger charge is -2.36. The van der Waals surface area contributed by atoms with Gasteiger partial charge in [0.15, 0.2) is 9.84 Å². The molecule has 0 unspecified atom stereocenters. The summed E-state index contributed by atoms with van der Waals surface area (Å²) in [5.41, 5.74) is -1.02. The van der Waals surface area contributed by atoms with E-state index in [1.807, 2.05) is 6.07 Å². The fraction of sp³-hybridized carbons (Fsp3) is 0.455. The Hall–Kier alpha value is -2.10. The lowest BCUT2D eigenvalue weighted by Crippen LogP contribution is -2.46. The average Bonchev–Trinajstić information content (AvgIpc) is 2.66. The second-order valence-electron chi connectivity index (χ2n) is 8.47. The molecule has 2 aromatic rings. The van der Waals surface area contributed by atoms with Crippen LogP contribution < -0.4 is 4.90 Å². The number of alkyl halides is 3. The molecule has 9 heteroatoms. The summed E-state index contributed by atoms with van der Waals surface area (Å²) >= 11 is 0. The molecule has 0 aliphatic carbocycles. The third kappa shape index (κ3) is 5.78. The van der Waals surface area contributed by atoms with Gasteiger partial charge >= 0.3 is 6.18 Å². The van der Waals surface area contributed by atoms with Crippen LogP contribution in [0.3, 0.4) is 0 Å². The van der Waals surface area contributed by atoms with Gasteiger partial charge in [0.25, 0.3) is 0 Å². The van der Waals surface area contributed by atoms with Crippen LogP contribution in [0.25, 0.3) is 0 Å². The number of benzene rings is 2. The number of rotatable bonds is 5. The van der Waals surface area contributed by atoms with Gasteiger partial charge in [-0.15, -0.1) is 0 Å². The summed E-state index contributed by atoms with van der Waals surface area (Å²) in [7, 11) is -3.28. The highest BCUT2D eigenvalue weighted by atomic mass is 32.2. The van der Waals surface area contributed by atoms with E-state index < -0.39 is 27.2 Å². The molecular formula is C22H27F3N2O3S. The van der Waals surface area contributed by atoms with E-state index in [0.717, 1.165) is 11.8 Å². The van der Waals surface area contributed by atoms with Crippen LogP contribution in [0.1, 0.15) is 30.5 Å². The molecule has 0 aromatic heterocycles. The van der Waals surface area contributed by atoms with Crippen LogP contribution in [0.5, 0.6) is 0 Å². The summed E-state index contributed by atoms with van der Waals surface area (Å²) in [6, 6.07) is 10.8. The molecule has 31 heavy (non-hydrogen) atoms. The van der Waals surface area contributed by atoms with Crippen molar-refractivity contribution in [2.45, 2.75) is 37.1 Å². The van der Waals surface area contributed by atoms with Crippen molar-refractivity contribution in [2.24, 2.45) is 0 Å². The molecule has 1 N–H and O–H groups in total.